The first kappa shape index (κ1) is 29.6. The SMILES string of the molecule is C/C=C\c1cc(-c2ccc(C3(c4ccc(-c5cc(-c6ccccc6)nc(-c6ccccc6)n5)cc4)CCCCC3)cc2)ccc1C. The van der Waals surface area contributed by atoms with Crippen LogP contribution >= 0.6 is 0 Å². The van der Waals surface area contributed by atoms with E-state index in [-0.39, 0.29) is 5.41 Å². The Kier molecular flexibility index (Phi) is 8.44. The number of allylic oxidation sites excluding steroid dienone is 1. The standard InChI is InChI=1S/C44H40N2/c1-3-13-37-30-38(19-18-32(37)2)33-20-24-39(25-21-33)44(28-11-6-12-29-44)40-26-22-35(23-27-40)42-31-41(34-14-7-4-8-15-34)45-43(46-42)36-16-9-5-10-17-36/h3-5,7-10,13-27,30-31H,6,11-12,28-29H2,1-2H3/b13-3-. The average Bonchev–Trinajstić information content (AvgIpc) is 3.13. The predicted octanol–water partition coefficient (Wildman–Crippen LogP) is 11.7. The van der Waals surface area contributed by atoms with Gasteiger partial charge in [-0.25, -0.2) is 9.97 Å². The predicted molar refractivity (Wildman–Crippen MR) is 194 cm³/mol. The van der Waals surface area contributed by atoms with Crippen molar-refractivity contribution in [2.24, 2.45) is 0 Å². The van der Waals surface area contributed by atoms with E-state index in [0.29, 0.717) is 0 Å². The minimum atomic E-state index is 0.0226. The Balaban J connectivity index is 1.24. The zero-order chi connectivity index (χ0) is 31.3. The van der Waals surface area contributed by atoms with Gasteiger partial charge in [-0.2, -0.15) is 0 Å². The molecule has 0 unspecified atom stereocenters. The molecular weight excluding hydrogens is 556 g/mol. The summed E-state index contributed by atoms with van der Waals surface area (Å²) in [5, 5.41) is 0. The number of hydrogen-bond donors (Lipinski definition) is 0. The van der Waals surface area contributed by atoms with Crippen molar-refractivity contribution in [3.8, 4) is 45.0 Å². The van der Waals surface area contributed by atoms with Crippen LogP contribution in [0.15, 0.2) is 140 Å². The summed E-state index contributed by atoms with van der Waals surface area (Å²) in [5.74, 6) is 0.747. The van der Waals surface area contributed by atoms with Gasteiger partial charge >= 0.3 is 0 Å². The third-order valence-electron chi connectivity index (χ3n) is 9.66. The second-order valence-corrected chi connectivity index (χ2v) is 12.6. The Morgan fingerprint density at radius 3 is 1.63 bits per heavy atom. The monoisotopic (exact) mass is 596 g/mol. The maximum absolute atomic E-state index is 5.06. The summed E-state index contributed by atoms with van der Waals surface area (Å²) in [5.41, 5.74) is 13.1. The fourth-order valence-electron chi connectivity index (χ4n) is 7.09. The molecule has 6 aromatic rings. The number of aromatic nitrogens is 2. The Hall–Kier alpha value is -5.08. The van der Waals surface area contributed by atoms with Gasteiger partial charge < -0.3 is 0 Å². The molecule has 0 spiro atoms. The molecule has 0 bridgehead atoms. The topological polar surface area (TPSA) is 25.8 Å². The molecule has 1 aliphatic carbocycles. The molecule has 1 saturated carbocycles. The van der Waals surface area contributed by atoms with Gasteiger partial charge in [0.2, 0.25) is 0 Å². The van der Waals surface area contributed by atoms with Crippen molar-refractivity contribution in [1.82, 2.24) is 9.97 Å². The van der Waals surface area contributed by atoms with E-state index in [9.17, 15) is 0 Å². The summed E-state index contributed by atoms with van der Waals surface area (Å²) in [4.78, 5) is 10.0. The molecule has 0 aliphatic heterocycles. The van der Waals surface area contributed by atoms with Gasteiger partial charge in [0.25, 0.3) is 0 Å². The van der Waals surface area contributed by atoms with Gasteiger partial charge in [-0.1, -0.05) is 153 Å². The molecule has 2 heteroatoms. The molecule has 0 amide bonds. The first-order valence-corrected chi connectivity index (χ1v) is 16.6. The maximum atomic E-state index is 5.06. The summed E-state index contributed by atoms with van der Waals surface area (Å²) in [6.45, 7) is 4.25. The summed E-state index contributed by atoms with van der Waals surface area (Å²) < 4.78 is 0. The van der Waals surface area contributed by atoms with E-state index >= 15 is 0 Å². The van der Waals surface area contributed by atoms with E-state index in [0.717, 1.165) is 33.9 Å². The van der Waals surface area contributed by atoms with Crippen LogP contribution in [0, 0.1) is 6.92 Å². The Bertz CT molecular complexity index is 1890. The fraction of sp³-hybridized carbons (Fsp3) is 0.182. The minimum Gasteiger partial charge on any atom is -0.228 e. The fourth-order valence-corrected chi connectivity index (χ4v) is 7.09. The van der Waals surface area contributed by atoms with Gasteiger partial charge in [-0.3, -0.25) is 0 Å². The van der Waals surface area contributed by atoms with Crippen molar-refractivity contribution < 1.29 is 0 Å². The zero-order valence-electron chi connectivity index (χ0n) is 26.8. The first-order chi connectivity index (χ1) is 22.6. The number of nitrogens with zero attached hydrogens (tertiary/aromatic N) is 2. The molecule has 2 nitrogen and oxygen atoms in total. The van der Waals surface area contributed by atoms with Gasteiger partial charge in [0.05, 0.1) is 11.4 Å². The van der Waals surface area contributed by atoms with Crippen LogP contribution < -0.4 is 0 Å². The van der Waals surface area contributed by atoms with E-state index in [1.54, 1.807) is 0 Å². The highest BCUT2D eigenvalue weighted by Crippen LogP contribution is 2.46. The highest BCUT2D eigenvalue weighted by Gasteiger charge is 2.35. The smallest absolute Gasteiger partial charge is 0.160 e. The molecule has 1 heterocycles. The maximum Gasteiger partial charge on any atom is 0.160 e. The summed E-state index contributed by atoms with van der Waals surface area (Å²) in [6.07, 6.45) is 10.5. The lowest BCUT2D eigenvalue weighted by Crippen LogP contribution is -2.30. The molecule has 0 atom stereocenters. The minimum absolute atomic E-state index is 0.0226. The average molecular weight is 597 g/mol. The van der Waals surface area contributed by atoms with Gasteiger partial charge in [0, 0.05) is 22.1 Å². The molecule has 226 valence electrons. The Morgan fingerprint density at radius 1 is 0.522 bits per heavy atom. The van der Waals surface area contributed by atoms with E-state index in [1.807, 2.05) is 24.3 Å². The van der Waals surface area contributed by atoms with E-state index in [4.69, 9.17) is 9.97 Å². The van der Waals surface area contributed by atoms with Crippen LogP contribution in [-0.2, 0) is 5.41 Å². The van der Waals surface area contributed by atoms with Crippen LogP contribution in [0.2, 0.25) is 0 Å². The lowest BCUT2D eigenvalue weighted by molar-refractivity contribution is 0.346. The summed E-state index contributed by atoms with van der Waals surface area (Å²) in [6, 6.07) is 48.2. The molecule has 0 saturated heterocycles. The van der Waals surface area contributed by atoms with Crippen molar-refractivity contribution >= 4 is 6.08 Å². The van der Waals surface area contributed by atoms with Crippen LogP contribution in [0.3, 0.4) is 0 Å². The molecule has 5 aromatic carbocycles. The van der Waals surface area contributed by atoms with E-state index in [2.05, 4.69) is 135 Å². The first-order valence-electron chi connectivity index (χ1n) is 16.6. The van der Waals surface area contributed by atoms with Crippen LogP contribution in [0.25, 0.3) is 51.1 Å². The summed E-state index contributed by atoms with van der Waals surface area (Å²) >= 11 is 0. The third kappa shape index (κ3) is 5.96. The summed E-state index contributed by atoms with van der Waals surface area (Å²) in [7, 11) is 0. The van der Waals surface area contributed by atoms with Crippen LogP contribution in [0.5, 0.6) is 0 Å². The van der Waals surface area contributed by atoms with E-state index < -0.39 is 0 Å². The lowest BCUT2D eigenvalue weighted by Gasteiger charge is -2.39. The van der Waals surface area contributed by atoms with Gasteiger partial charge in [-0.05, 0) is 72.2 Å². The quantitative estimate of drug-likeness (QED) is 0.183. The number of benzene rings is 5. The lowest BCUT2D eigenvalue weighted by atomic mass is 9.65. The highest BCUT2D eigenvalue weighted by atomic mass is 14.9. The molecule has 7 rings (SSSR count). The van der Waals surface area contributed by atoms with Crippen molar-refractivity contribution in [1.29, 1.82) is 0 Å². The van der Waals surface area contributed by atoms with Crippen LogP contribution in [0.1, 0.15) is 61.3 Å². The molecule has 0 N–H and O–H groups in total. The van der Waals surface area contributed by atoms with Crippen molar-refractivity contribution in [2.75, 3.05) is 0 Å². The number of rotatable bonds is 7. The third-order valence-corrected chi connectivity index (χ3v) is 9.66. The highest BCUT2D eigenvalue weighted by molar-refractivity contribution is 5.72. The normalized spacial score (nSPS) is 14.4. The van der Waals surface area contributed by atoms with Crippen LogP contribution in [0.4, 0.5) is 0 Å². The molecular formula is C44H40N2. The Morgan fingerprint density at radius 2 is 1.04 bits per heavy atom. The van der Waals surface area contributed by atoms with Crippen molar-refractivity contribution in [3.05, 3.63) is 162 Å². The van der Waals surface area contributed by atoms with Gasteiger partial charge in [-0.15, -0.1) is 0 Å². The van der Waals surface area contributed by atoms with Crippen molar-refractivity contribution in [3.63, 3.8) is 0 Å². The van der Waals surface area contributed by atoms with Gasteiger partial charge in [0.1, 0.15) is 0 Å². The van der Waals surface area contributed by atoms with E-state index in [1.165, 1.54) is 65.5 Å². The zero-order valence-corrected chi connectivity index (χ0v) is 26.8. The number of hydrogen-bond acceptors (Lipinski definition) is 2. The molecule has 46 heavy (non-hydrogen) atoms. The van der Waals surface area contributed by atoms with Crippen LogP contribution in [-0.4, -0.2) is 9.97 Å². The molecule has 1 aliphatic rings. The second-order valence-electron chi connectivity index (χ2n) is 12.6. The largest absolute Gasteiger partial charge is 0.228 e. The van der Waals surface area contributed by atoms with Gasteiger partial charge in [0.15, 0.2) is 5.82 Å². The number of aryl methyl sites for hydroxylation is 1. The Labute approximate surface area is 273 Å². The second kappa shape index (κ2) is 13.1. The molecule has 1 fully saturated rings. The van der Waals surface area contributed by atoms with Crippen molar-refractivity contribution in [2.45, 2.75) is 51.4 Å². The molecule has 0 radical (unpaired) electrons. The molecule has 1 aromatic heterocycles.